The predicted octanol–water partition coefficient (Wildman–Crippen LogP) is 4.30. The van der Waals surface area contributed by atoms with Gasteiger partial charge < -0.3 is 9.64 Å². The first-order chi connectivity index (χ1) is 14.0. The molecule has 0 N–H and O–H groups in total. The lowest BCUT2D eigenvalue weighted by Gasteiger charge is -2.31. The summed E-state index contributed by atoms with van der Waals surface area (Å²) in [5, 5.41) is 12.0. The van der Waals surface area contributed by atoms with E-state index in [0.29, 0.717) is 24.4 Å². The third-order valence-electron chi connectivity index (χ3n) is 5.16. The Morgan fingerprint density at radius 2 is 2.17 bits per heavy atom. The van der Waals surface area contributed by atoms with Crippen LogP contribution < -0.4 is 4.74 Å². The first-order valence-electron chi connectivity index (χ1n) is 9.52. The van der Waals surface area contributed by atoms with E-state index in [1.165, 1.54) is 16.8 Å². The SMILES string of the molecule is Cc1cc(OCC(=O)N2CCC[C@H](c3nc4ccccc4s3)C2)ccc1[N+](=O)[O-]. The molecule has 4 rings (SSSR count). The van der Waals surface area contributed by atoms with E-state index in [9.17, 15) is 14.9 Å². The minimum Gasteiger partial charge on any atom is -0.484 e. The molecule has 1 atom stereocenters. The largest absolute Gasteiger partial charge is 0.484 e. The molecule has 0 bridgehead atoms. The third-order valence-corrected chi connectivity index (χ3v) is 6.36. The molecule has 2 aromatic carbocycles. The van der Waals surface area contributed by atoms with Crippen molar-refractivity contribution in [3.8, 4) is 5.75 Å². The number of hydrogen-bond donors (Lipinski definition) is 0. The van der Waals surface area contributed by atoms with Crippen LogP contribution in [0.1, 0.15) is 29.3 Å². The summed E-state index contributed by atoms with van der Waals surface area (Å²) >= 11 is 1.70. The Hall–Kier alpha value is -3.00. The van der Waals surface area contributed by atoms with Crippen LogP contribution in [0.2, 0.25) is 0 Å². The molecule has 29 heavy (non-hydrogen) atoms. The van der Waals surface area contributed by atoms with Crippen molar-refractivity contribution in [1.82, 2.24) is 9.88 Å². The zero-order valence-electron chi connectivity index (χ0n) is 16.0. The smallest absolute Gasteiger partial charge is 0.272 e. The van der Waals surface area contributed by atoms with Gasteiger partial charge in [-0.2, -0.15) is 0 Å². The average Bonchev–Trinajstić information content (AvgIpc) is 3.16. The number of rotatable bonds is 5. The number of fused-ring (bicyclic) bond motifs is 1. The molecule has 1 fully saturated rings. The number of nitro groups is 1. The van der Waals surface area contributed by atoms with Gasteiger partial charge in [0.25, 0.3) is 11.6 Å². The summed E-state index contributed by atoms with van der Waals surface area (Å²) in [5.41, 5.74) is 1.56. The molecule has 0 radical (unpaired) electrons. The molecule has 0 aliphatic carbocycles. The van der Waals surface area contributed by atoms with E-state index in [4.69, 9.17) is 9.72 Å². The number of amides is 1. The van der Waals surface area contributed by atoms with Gasteiger partial charge in [0.15, 0.2) is 6.61 Å². The Balaban J connectivity index is 1.38. The van der Waals surface area contributed by atoms with E-state index in [2.05, 4.69) is 6.07 Å². The van der Waals surface area contributed by atoms with Gasteiger partial charge in [0.1, 0.15) is 5.75 Å². The van der Waals surface area contributed by atoms with Gasteiger partial charge in [-0.1, -0.05) is 12.1 Å². The van der Waals surface area contributed by atoms with Crippen LogP contribution in [0.15, 0.2) is 42.5 Å². The molecular formula is C21H21N3O4S. The van der Waals surface area contributed by atoms with Gasteiger partial charge in [-0.25, -0.2) is 4.98 Å². The quantitative estimate of drug-likeness (QED) is 0.462. The number of nitro benzene ring substituents is 1. The second kappa shape index (κ2) is 8.16. The van der Waals surface area contributed by atoms with Gasteiger partial charge in [0.2, 0.25) is 0 Å². The van der Waals surface area contributed by atoms with Crippen LogP contribution in [0.5, 0.6) is 5.75 Å². The van der Waals surface area contributed by atoms with E-state index in [-0.39, 0.29) is 24.1 Å². The Morgan fingerprint density at radius 3 is 2.93 bits per heavy atom. The third kappa shape index (κ3) is 4.22. The Kier molecular flexibility index (Phi) is 5.44. The van der Waals surface area contributed by atoms with Gasteiger partial charge in [-0.05, 0) is 44.0 Å². The van der Waals surface area contributed by atoms with E-state index in [0.717, 1.165) is 23.4 Å². The lowest BCUT2D eigenvalue weighted by molar-refractivity contribution is -0.385. The Labute approximate surface area is 172 Å². The minimum absolute atomic E-state index is 0.0402. The highest BCUT2D eigenvalue weighted by molar-refractivity contribution is 7.18. The minimum atomic E-state index is -0.430. The number of hydrogen-bond acceptors (Lipinski definition) is 6. The summed E-state index contributed by atoms with van der Waals surface area (Å²) in [6.07, 6.45) is 1.95. The van der Waals surface area contributed by atoms with Crippen LogP contribution in [-0.2, 0) is 4.79 Å². The van der Waals surface area contributed by atoms with Crippen molar-refractivity contribution in [2.75, 3.05) is 19.7 Å². The lowest BCUT2D eigenvalue weighted by atomic mass is 9.99. The summed E-state index contributed by atoms with van der Waals surface area (Å²) in [4.78, 5) is 29.7. The second-order valence-electron chi connectivity index (χ2n) is 7.19. The molecule has 2 heterocycles. The summed E-state index contributed by atoms with van der Waals surface area (Å²) in [7, 11) is 0. The number of ether oxygens (including phenoxy) is 1. The molecule has 1 saturated heterocycles. The molecule has 1 aliphatic heterocycles. The van der Waals surface area contributed by atoms with Crippen molar-refractivity contribution in [2.45, 2.75) is 25.7 Å². The van der Waals surface area contributed by atoms with E-state index in [1.807, 2.05) is 23.1 Å². The molecule has 1 amide bonds. The predicted molar refractivity (Wildman–Crippen MR) is 112 cm³/mol. The molecule has 1 aliphatic rings. The van der Waals surface area contributed by atoms with Gasteiger partial charge in [-0.3, -0.25) is 14.9 Å². The van der Waals surface area contributed by atoms with Crippen LogP contribution in [0.25, 0.3) is 10.2 Å². The first kappa shape index (κ1) is 19.3. The molecule has 150 valence electrons. The van der Waals surface area contributed by atoms with Crippen molar-refractivity contribution in [1.29, 1.82) is 0 Å². The summed E-state index contributed by atoms with van der Waals surface area (Å²) in [5.74, 6) is 0.625. The molecule has 1 aromatic heterocycles. The second-order valence-corrected chi connectivity index (χ2v) is 8.26. The molecule has 3 aromatic rings. The maximum absolute atomic E-state index is 12.7. The zero-order chi connectivity index (χ0) is 20.4. The van der Waals surface area contributed by atoms with E-state index in [1.54, 1.807) is 24.3 Å². The molecule has 0 unspecified atom stereocenters. The fraction of sp³-hybridized carbons (Fsp3) is 0.333. The highest BCUT2D eigenvalue weighted by Gasteiger charge is 2.27. The number of aryl methyl sites for hydroxylation is 1. The number of aromatic nitrogens is 1. The lowest BCUT2D eigenvalue weighted by Crippen LogP contribution is -2.41. The number of likely N-dealkylation sites (tertiary alicyclic amines) is 1. The van der Waals surface area contributed by atoms with Gasteiger partial charge in [-0.15, -0.1) is 11.3 Å². The first-order valence-corrected chi connectivity index (χ1v) is 10.3. The highest BCUT2D eigenvalue weighted by atomic mass is 32.1. The molecular weight excluding hydrogens is 390 g/mol. The summed E-state index contributed by atoms with van der Waals surface area (Å²) < 4.78 is 6.77. The summed E-state index contributed by atoms with van der Waals surface area (Å²) in [6, 6.07) is 12.6. The maximum Gasteiger partial charge on any atom is 0.272 e. The number of piperidine rings is 1. The van der Waals surface area contributed by atoms with Crippen LogP contribution in [0, 0.1) is 17.0 Å². The fourth-order valence-corrected chi connectivity index (χ4v) is 4.72. The van der Waals surface area contributed by atoms with Crippen LogP contribution in [-0.4, -0.2) is 40.4 Å². The number of nitrogens with zero attached hydrogens (tertiary/aromatic N) is 3. The Morgan fingerprint density at radius 1 is 1.34 bits per heavy atom. The average molecular weight is 411 g/mol. The highest BCUT2D eigenvalue weighted by Crippen LogP contribution is 2.33. The topological polar surface area (TPSA) is 85.6 Å². The van der Waals surface area contributed by atoms with E-state index < -0.39 is 4.92 Å². The van der Waals surface area contributed by atoms with Crippen molar-refractivity contribution in [3.05, 3.63) is 63.1 Å². The molecule has 8 heteroatoms. The Bertz CT molecular complexity index is 1030. The molecule has 0 spiro atoms. The monoisotopic (exact) mass is 411 g/mol. The standard InChI is InChI=1S/C21H21N3O4S/c1-14-11-16(8-9-18(14)24(26)27)28-13-20(25)23-10-4-5-15(12-23)21-22-17-6-2-3-7-19(17)29-21/h2-3,6-9,11,15H,4-5,10,12-13H2,1H3/t15-/m0/s1. The maximum atomic E-state index is 12.7. The van der Waals surface area contributed by atoms with Crippen molar-refractivity contribution in [2.24, 2.45) is 0 Å². The fourth-order valence-electron chi connectivity index (χ4n) is 3.63. The van der Waals surface area contributed by atoms with Gasteiger partial charge in [0.05, 0.1) is 20.1 Å². The summed E-state index contributed by atoms with van der Waals surface area (Å²) in [6.45, 7) is 2.92. The van der Waals surface area contributed by atoms with Crippen LogP contribution >= 0.6 is 11.3 Å². The van der Waals surface area contributed by atoms with Crippen LogP contribution in [0.3, 0.4) is 0 Å². The zero-order valence-corrected chi connectivity index (χ0v) is 16.9. The number of benzene rings is 2. The van der Waals surface area contributed by atoms with Crippen molar-refractivity contribution in [3.63, 3.8) is 0 Å². The van der Waals surface area contributed by atoms with Crippen molar-refractivity contribution < 1.29 is 14.5 Å². The van der Waals surface area contributed by atoms with Crippen molar-refractivity contribution >= 4 is 33.1 Å². The van der Waals surface area contributed by atoms with E-state index >= 15 is 0 Å². The number of carbonyl (C=O) groups is 1. The van der Waals surface area contributed by atoms with Crippen LogP contribution in [0.4, 0.5) is 5.69 Å². The molecule has 0 saturated carbocycles. The normalized spacial score (nSPS) is 16.7. The number of para-hydroxylation sites is 1. The van der Waals surface area contributed by atoms with Gasteiger partial charge >= 0.3 is 0 Å². The molecule has 7 nitrogen and oxygen atoms in total. The number of carbonyl (C=O) groups excluding carboxylic acids is 1. The number of thiazole rings is 1. The van der Waals surface area contributed by atoms with Gasteiger partial charge in [0, 0.05) is 30.6 Å².